The maximum absolute atomic E-state index is 12.6. The maximum Gasteiger partial charge on any atom is 0.233 e. The number of likely N-dealkylation sites (tertiary alicyclic amines) is 1. The van der Waals surface area contributed by atoms with Crippen LogP contribution in [0.25, 0.3) is 0 Å². The summed E-state index contributed by atoms with van der Waals surface area (Å²) in [7, 11) is 3.26. The number of thioether (sulfide) groups is 1. The molecule has 27 heavy (non-hydrogen) atoms. The summed E-state index contributed by atoms with van der Waals surface area (Å²) in [5, 5.41) is 3.53. The Morgan fingerprint density at radius 2 is 1.93 bits per heavy atom. The third-order valence-corrected chi connectivity index (χ3v) is 5.63. The van der Waals surface area contributed by atoms with Crippen molar-refractivity contribution in [3.05, 3.63) is 48.5 Å². The molecule has 0 radical (unpaired) electrons. The molecular weight excluding hydrogens is 360 g/mol. The van der Waals surface area contributed by atoms with Crippen molar-refractivity contribution >= 4 is 23.4 Å². The third kappa shape index (κ3) is 5.32. The minimum absolute atomic E-state index is 0.197. The van der Waals surface area contributed by atoms with Crippen LogP contribution in [-0.2, 0) is 4.79 Å². The standard InChI is InChI=1S/C21H26N2O3S/c1-25-19-11-10-16(13-20(19)26-2)22-17-7-6-12-23(14-17)21(24)15-27-18-8-4-3-5-9-18/h3-5,8-11,13,17,22H,6-7,12,14-15H2,1-2H3/t17-/m1/s1. The number of amides is 1. The molecule has 1 saturated heterocycles. The van der Waals surface area contributed by atoms with Crippen LogP contribution in [0.5, 0.6) is 11.5 Å². The molecule has 1 N–H and O–H groups in total. The first-order valence-corrected chi connectivity index (χ1v) is 10.1. The second-order valence-electron chi connectivity index (χ2n) is 6.49. The molecule has 6 heteroatoms. The zero-order valence-corrected chi connectivity index (χ0v) is 16.6. The van der Waals surface area contributed by atoms with Crippen molar-refractivity contribution in [2.24, 2.45) is 0 Å². The number of carbonyl (C=O) groups excluding carboxylic acids is 1. The fraction of sp³-hybridized carbons (Fsp3) is 0.381. The summed E-state index contributed by atoms with van der Waals surface area (Å²) in [4.78, 5) is 15.7. The number of rotatable bonds is 7. The summed E-state index contributed by atoms with van der Waals surface area (Å²) in [6.45, 7) is 1.56. The van der Waals surface area contributed by atoms with Crippen molar-refractivity contribution < 1.29 is 14.3 Å². The summed E-state index contributed by atoms with van der Waals surface area (Å²) in [5.74, 6) is 2.09. The number of nitrogens with one attached hydrogen (secondary N) is 1. The molecule has 1 aliphatic heterocycles. The molecule has 0 bridgehead atoms. The van der Waals surface area contributed by atoms with Gasteiger partial charge in [-0.2, -0.15) is 0 Å². The lowest BCUT2D eigenvalue weighted by Crippen LogP contribution is -2.45. The molecule has 0 aliphatic carbocycles. The van der Waals surface area contributed by atoms with Crippen LogP contribution in [0, 0.1) is 0 Å². The molecule has 2 aromatic rings. The molecule has 2 aromatic carbocycles. The van der Waals surface area contributed by atoms with Gasteiger partial charge < -0.3 is 19.7 Å². The number of ether oxygens (including phenoxy) is 2. The molecule has 5 nitrogen and oxygen atoms in total. The van der Waals surface area contributed by atoms with Crippen LogP contribution in [-0.4, -0.2) is 49.9 Å². The van der Waals surface area contributed by atoms with Gasteiger partial charge in [0.05, 0.1) is 20.0 Å². The van der Waals surface area contributed by atoms with Crippen LogP contribution < -0.4 is 14.8 Å². The van der Waals surface area contributed by atoms with Gasteiger partial charge in [-0.3, -0.25) is 4.79 Å². The first-order chi connectivity index (χ1) is 13.2. The molecule has 0 aromatic heterocycles. The van der Waals surface area contributed by atoms with Gasteiger partial charge in [0.25, 0.3) is 0 Å². The zero-order chi connectivity index (χ0) is 19.1. The van der Waals surface area contributed by atoms with E-state index >= 15 is 0 Å². The molecule has 1 atom stereocenters. The number of hydrogen-bond donors (Lipinski definition) is 1. The molecular formula is C21H26N2O3S. The van der Waals surface area contributed by atoms with E-state index in [9.17, 15) is 4.79 Å². The quantitative estimate of drug-likeness (QED) is 0.732. The van der Waals surface area contributed by atoms with Crippen molar-refractivity contribution in [3.8, 4) is 11.5 Å². The van der Waals surface area contributed by atoms with Gasteiger partial charge in [-0.15, -0.1) is 11.8 Å². The van der Waals surface area contributed by atoms with Gasteiger partial charge in [0.2, 0.25) is 5.91 Å². The fourth-order valence-electron chi connectivity index (χ4n) is 3.24. The number of methoxy groups -OCH3 is 2. The Hall–Kier alpha value is -2.34. The Labute approximate surface area is 165 Å². The van der Waals surface area contributed by atoms with Crippen LogP contribution in [0.1, 0.15) is 12.8 Å². The molecule has 0 saturated carbocycles. The number of anilines is 1. The van der Waals surface area contributed by atoms with Gasteiger partial charge >= 0.3 is 0 Å². The summed E-state index contributed by atoms with van der Waals surface area (Å²) in [5.41, 5.74) is 0.977. The van der Waals surface area contributed by atoms with Crippen LogP contribution in [0.4, 0.5) is 5.69 Å². The fourth-order valence-corrected chi connectivity index (χ4v) is 4.06. The van der Waals surface area contributed by atoms with E-state index in [0.717, 1.165) is 36.5 Å². The number of hydrogen-bond acceptors (Lipinski definition) is 5. The van der Waals surface area contributed by atoms with Gasteiger partial charge in [-0.1, -0.05) is 18.2 Å². The molecule has 1 amide bonds. The number of benzene rings is 2. The molecule has 0 unspecified atom stereocenters. The minimum Gasteiger partial charge on any atom is -0.493 e. The van der Waals surface area contributed by atoms with E-state index < -0.39 is 0 Å². The number of piperidine rings is 1. The molecule has 1 heterocycles. The first-order valence-electron chi connectivity index (χ1n) is 9.14. The lowest BCUT2D eigenvalue weighted by Gasteiger charge is -2.33. The SMILES string of the molecule is COc1ccc(N[C@@H]2CCCN(C(=O)CSc3ccccc3)C2)cc1OC. The van der Waals surface area contributed by atoms with E-state index in [1.54, 1.807) is 26.0 Å². The molecule has 144 valence electrons. The summed E-state index contributed by atoms with van der Waals surface area (Å²) in [6.07, 6.45) is 2.05. The Kier molecular flexibility index (Phi) is 6.87. The van der Waals surface area contributed by atoms with Gasteiger partial charge in [0.1, 0.15) is 0 Å². The van der Waals surface area contributed by atoms with Gasteiger partial charge in [0.15, 0.2) is 11.5 Å². The van der Waals surface area contributed by atoms with Gasteiger partial charge in [-0.05, 0) is 37.1 Å². The lowest BCUT2D eigenvalue weighted by atomic mass is 10.1. The molecule has 3 rings (SSSR count). The summed E-state index contributed by atoms with van der Waals surface area (Å²) < 4.78 is 10.7. The van der Waals surface area contributed by atoms with Crippen LogP contribution >= 0.6 is 11.8 Å². The van der Waals surface area contributed by atoms with Gasteiger partial charge in [-0.25, -0.2) is 0 Å². The second kappa shape index (κ2) is 9.55. The van der Waals surface area contributed by atoms with Crippen LogP contribution in [0.3, 0.4) is 0 Å². The molecule has 0 spiro atoms. The van der Waals surface area contributed by atoms with Crippen molar-refractivity contribution in [1.82, 2.24) is 4.90 Å². The smallest absolute Gasteiger partial charge is 0.233 e. The number of carbonyl (C=O) groups is 1. The van der Waals surface area contributed by atoms with Crippen molar-refractivity contribution in [2.45, 2.75) is 23.8 Å². The topological polar surface area (TPSA) is 50.8 Å². The zero-order valence-electron chi connectivity index (χ0n) is 15.8. The third-order valence-electron chi connectivity index (χ3n) is 4.63. The molecule has 1 fully saturated rings. The Balaban J connectivity index is 1.55. The van der Waals surface area contributed by atoms with Crippen molar-refractivity contribution in [1.29, 1.82) is 0 Å². The van der Waals surface area contributed by atoms with E-state index in [1.807, 2.05) is 53.4 Å². The Morgan fingerprint density at radius 1 is 1.15 bits per heavy atom. The van der Waals surface area contributed by atoms with Crippen LogP contribution in [0.15, 0.2) is 53.4 Å². The monoisotopic (exact) mass is 386 g/mol. The van der Waals surface area contributed by atoms with E-state index in [1.165, 1.54) is 0 Å². The lowest BCUT2D eigenvalue weighted by molar-refractivity contribution is -0.129. The summed E-state index contributed by atoms with van der Waals surface area (Å²) >= 11 is 1.59. The number of nitrogens with zero attached hydrogens (tertiary/aromatic N) is 1. The largest absolute Gasteiger partial charge is 0.493 e. The van der Waals surface area contributed by atoms with Gasteiger partial charge in [0, 0.05) is 35.8 Å². The molecule has 1 aliphatic rings. The van der Waals surface area contributed by atoms with E-state index in [-0.39, 0.29) is 11.9 Å². The summed E-state index contributed by atoms with van der Waals surface area (Å²) in [6, 6.07) is 16.1. The van der Waals surface area contributed by atoms with E-state index in [0.29, 0.717) is 17.3 Å². The highest BCUT2D eigenvalue weighted by atomic mass is 32.2. The van der Waals surface area contributed by atoms with Crippen molar-refractivity contribution in [2.75, 3.05) is 38.4 Å². The van der Waals surface area contributed by atoms with Crippen molar-refractivity contribution in [3.63, 3.8) is 0 Å². The predicted octanol–water partition coefficient (Wildman–Crippen LogP) is 3.90. The highest BCUT2D eigenvalue weighted by molar-refractivity contribution is 8.00. The Morgan fingerprint density at radius 3 is 2.67 bits per heavy atom. The average Bonchev–Trinajstić information content (AvgIpc) is 2.73. The minimum atomic E-state index is 0.197. The normalized spacial score (nSPS) is 16.7. The maximum atomic E-state index is 12.6. The predicted molar refractivity (Wildman–Crippen MR) is 110 cm³/mol. The highest BCUT2D eigenvalue weighted by Crippen LogP contribution is 2.30. The average molecular weight is 387 g/mol. The van der Waals surface area contributed by atoms with Crippen LogP contribution in [0.2, 0.25) is 0 Å². The first kappa shape index (κ1) is 19.4. The van der Waals surface area contributed by atoms with E-state index in [4.69, 9.17) is 9.47 Å². The Bertz CT molecular complexity index is 754. The second-order valence-corrected chi connectivity index (χ2v) is 7.54. The van der Waals surface area contributed by atoms with E-state index in [2.05, 4.69) is 5.32 Å². The highest BCUT2D eigenvalue weighted by Gasteiger charge is 2.23.